The lowest BCUT2D eigenvalue weighted by molar-refractivity contribution is 0.0861. The van der Waals surface area contributed by atoms with E-state index in [2.05, 4.69) is 23.2 Å². The Morgan fingerprint density at radius 2 is 2.06 bits per heavy atom. The Labute approximate surface area is 105 Å². The summed E-state index contributed by atoms with van der Waals surface area (Å²) in [4.78, 5) is 2.46. The molecule has 0 atom stereocenters. The zero-order valence-corrected chi connectivity index (χ0v) is 11.0. The first-order valence-corrected chi connectivity index (χ1v) is 7.18. The molecule has 0 unspecified atom stereocenters. The van der Waals surface area contributed by atoms with Gasteiger partial charge in [0.1, 0.15) is 5.54 Å². The third kappa shape index (κ3) is 2.81. The summed E-state index contributed by atoms with van der Waals surface area (Å²) >= 11 is 0. The molecule has 0 bridgehead atoms. The SMILES string of the molecule is CCC1CCC(C#N)(N2CCCNCC2)CC1. The van der Waals surface area contributed by atoms with Gasteiger partial charge in [-0.1, -0.05) is 13.3 Å². The fraction of sp³-hybridized carbons (Fsp3) is 0.929. The van der Waals surface area contributed by atoms with Crippen LogP contribution in [-0.2, 0) is 0 Å². The average molecular weight is 235 g/mol. The van der Waals surface area contributed by atoms with Crippen molar-refractivity contribution in [3.63, 3.8) is 0 Å². The first-order valence-electron chi connectivity index (χ1n) is 7.18. The minimum Gasteiger partial charge on any atom is -0.315 e. The number of nitrogens with one attached hydrogen (secondary N) is 1. The molecular weight excluding hydrogens is 210 g/mol. The Morgan fingerprint density at radius 1 is 1.29 bits per heavy atom. The molecule has 1 heterocycles. The van der Waals surface area contributed by atoms with Crippen LogP contribution in [-0.4, -0.2) is 36.6 Å². The van der Waals surface area contributed by atoms with E-state index < -0.39 is 0 Å². The monoisotopic (exact) mass is 235 g/mol. The van der Waals surface area contributed by atoms with Crippen molar-refractivity contribution in [1.82, 2.24) is 10.2 Å². The largest absolute Gasteiger partial charge is 0.315 e. The molecule has 1 aliphatic heterocycles. The molecule has 2 fully saturated rings. The molecule has 0 amide bonds. The molecule has 0 spiro atoms. The van der Waals surface area contributed by atoms with Crippen molar-refractivity contribution in [1.29, 1.82) is 5.26 Å². The van der Waals surface area contributed by atoms with Crippen LogP contribution < -0.4 is 5.32 Å². The number of hydrogen-bond acceptors (Lipinski definition) is 3. The Bertz CT molecular complexity index is 266. The molecule has 3 nitrogen and oxygen atoms in total. The minimum atomic E-state index is -0.141. The van der Waals surface area contributed by atoms with E-state index in [1.165, 1.54) is 25.7 Å². The van der Waals surface area contributed by atoms with Crippen LogP contribution in [0.5, 0.6) is 0 Å². The second kappa shape index (κ2) is 5.84. The molecule has 1 N–H and O–H groups in total. The van der Waals surface area contributed by atoms with Gasteiger partial charge in [0.25, 0.3) is 0 Å². The highest BCUT2D eigenvalue weighted by Crippen LogP contribution is 2.37. The normalized spacial score (nSPS) is 36.1. The van der Waals surface area contributed by atoms with E-state index in [-0.39, 0.29) is 5.54 Å². The summed E-state index contributed by atoms with van der Waals surface area (Å²) in [6, 6.07) is 2.66. The Balaban J connectivity index is 2.01. The summed E-state index contributed by atoms with van der Waals surface area (Å²) in [5, 5.41) is 13.1. The summed E-state index contributed by atoms with van der Waals surface area (Å²) in [7, 11) is 0. The van der Waals surface area contributed by atoms with Gasteiger partial charge in [-0.2, -0.15) is 5.26 Å². The van der Waals surface area contributed by atoms with Crippen LogP contribution in [0.3, 0.4) is 0 Å². The van der Waals surface area contributed by atoms with Crippen LogP contribution in [0.25, 0.3) is 0 Å². The molecule has 2 aliphatic rings. The van der Waals surface area contributed by atoms with E-state index in [1.807, 2.05) is 0 Å². The van der Waals surface area contributed by atoms with Crippen LogP contribution in [0.4, 0.5) is 0 Å². The summed E-state index contributed by atoms with van der Waals surface area (Å²) < 4.78 is 0. The minimum absolute atomic E-state index is 0.141. The number of rotatable bonds is 2. The lowest BCUT2D eigenvalue weighted by Crippen LogP contribution is -2.51. The zero-order valence-electron chi connectivity index (χ0n) is 11.0. The van der Waals surface area contributed by atoms with Gasteiger partial charge < -0.3 is 5.32 Å². The molecule has 2 rings (SSSR count). The molecule has 17 heavy (non-hydrogen) atoms. The smallest absolute Gasteiger partial charge is 0.109 e. The van der Waals surface area contributed by atoms with Crippen LogP contribution in [0, 0.1) is 17.2 Å². The maximum Gasteiger partial charge on any atom is 0.109 e. The van der Waals surface area contributed by atoms with Crippen LogP contribution >= 0.6 is 0 Å². The van der Waals surface area contributed by atoms with E-state index in [1.54, 1.807) is 0 Å². The maximum atomic E-state index is 9.63. The van der Waals surface area contributed by atoms with Gasteiger partial charge in [-0.15, -0.1) is 0 Å². The first kappa shape index (κ1) is 12.9. The van der Waals surface area contributed by atoms with Gasteiger partial charge in [-0.3, -0.25) is 4.90 Å². The van der Waals surface area contributed by atoms with E-state index in [0.29, 0.717) is 0 Å². The number of nitriles is 1. The molecule has 1 aliphatic carbocycles. The van der Waals surface area contributed by atoms with E-state index in [9.17, 15) is 5.26 Å². The van der Waals surface area contributed by atoms with E-state index >= 15 is 0 Å². The fourth-order valence-corrected chi connectivity index (χ4v) is 3.34. The van der Waals surface area contributed by atoms with Crippen molar-refractivity contribution in [3.8, 4) is 6.07 Å². The predicted molar refractivity (Wildman–Crippen MR) is 69.7 cm³/mol. The van der Waals surface area contributed by atoms with Gasteiger partial charge in [0.15, 0.2) is 0 Å². The molecule has 96 valence electrons. The second-order valence-corrected chi connectivity index (χ2v) is 5.59. The van der Waals surface area contributed by atoms with Gasteiger partial charge in [-0.25, -0.2) is 0 Å². The van der Waals surface area contributed by atoms with Crippen molar-refractivity contribution < 1.29 is 0 Å². The second-order valence-electron chi connectivity index (χ2n) is 5.59. The van der Waals surface area contributed by atoms with Crippen molar-refractivity contribution in [2.75, 3.05) is 26.2 Å². The molecule has 0 radical (unpaired) electrons. The van der Waals surface area contributed by atoms with Crippen LogP contribution in [0.15, 0.2) is 0 Å². The van der Waals surface area contributed by atoms with Crippen molar-refractivity contribution >= 4 is 0 Å². The van der Waals surface area contributed by atoms with Crippen molar-refractivity contribution in [3.05, 3.63) is 0 Å². The third-order valence-corrected chi connectivity index (χ3v) is 4.66. The van der Waals surface area contributed by atoms with Crippen molar-refractivity contribution in [2.45, 2.75) is 51.0 Å². The van der Waals surface area contributed by atoms with E-state index in [4.69, 9.17) is 0 Å². The highest BCUT2D eigenvalue weighted by atomic mass is 15.2. The quantitative estimate of drug-likeness (QED) is 0.797. The zero-order chi connectivity index (χ0) is 12.1. The molecule has 0 aromatic rings. The van der Waals surface area contributed by atoms with Crippen LogP contribution in [0.2, 0.25) is 0 Å². The fourth-order valence-electron chi connectivity index (χ4n) is 3.34. The first-order chi connectivity index (χ1) is 8.30. The van der Waals surface area contributed by atoms with Gasteiger partial charge in [0, 0.05) is 19.6 Å². The number of nitrogens with zero attached hydrogens (tertiary/aromatic N) is 2. The Morgan fingerprint density at radius 3 is 2.71 bits per heavy atom. The Kier molecular flexibility index (Phi) is 4.42. The Hall–Kier alpha value is -0.590. The molecule has 1 saturated heterocycles. The molecule has 0 aromatic heterocycles. The summed E-state index contributed by atoms with van der Waals surface area (Å²) in [5.41, 5.74) is -0.141. The third-order valence-electron chi connectivity index (χ3n) is 4.66. The van der Waals surface area contributed by atoms with Crippen molar-refractivity contribution in [2.24, 2.45) is 5.92 Å². The van der Waals surface area contributed by atoms with E-state index in [0.717, 1.165) is 44.9 Å². The topological polar surface area (TPSA) is 39.1 Å². The average Bonchev–Trinajstić information content (AvgIpc) is 2.68. The lowest BCUT2D eigenvalue weighted by atomic mass is 9.75. The van der Waals surface area contributed by atoms with Crippen LogP contribution in [0.1, 0.15) is 45.4 Å². The maximum absolute atomic E-state index is 9.63. The standard InChI is InChI=1S/C14H25N3/c1-2-13-4-6-14(12-15,7-5-13)17-10-3-8-16-9-11-17/h13,16H,2-11H2,1H3. The molecule has 0 aromatic carbocycles. The predicted octanol–water partition coefficient (Wildman–Crippen LogP) is 2.14. The van der Waals surface area contributed by atoms with Gasteiger partial charge in [0.2, 0.25) is 0 Å². The highest BCUT2D eigenvalue weighted by Gasteiger charge is 2.40. The summed E-state index contributed by atoms with van der Waals surface area (Å²) in [5.74, 6) is 0.863. The molecular formula is C14H25N3. The molecule has 1 saturated carbocycles. The van der Waals surface area contributed by atoms with Gasteiger partial charge in [-0.05, 0) is 44.6 Å². The van der Waals surface area contributed by atoms with Gasteiger partial charge in [0.05, 0.1) is 6.07 Å². The number of hydrogen-bond donors (Lipinski definition) is 1. The highest BCUT2D eigenvalue weighted by molar-refractivity contribution is 5.10. The molecule has 3 heteroatoms. The summed E-state index contributed by atoms with van der Waals surface area (Å²) in [6.45, 7) is 6.57. The van der Waals surface area contributed by atoms with Gasteiger partial charge >= 0.3 is 0 Å². The lowest BCUT2D eigenvalue weighted by Gasteiger charge is -2.42. The summed E-state index contributed by atoms with van der Waals surface area (Å²) in [6.07, 6.45) is 7.12.